The maximum Gasteiger partial charge on any atom is 0.452 e. The molecule has 8 heteroatoms. The molecule has 0 atom stereocenters. The SMILES string of the molecule is CON(C)C(=O)c1ccc(-c2cc(C(F)(F)F)on2)cc1. The number of hydrogen-bond donors (Lipinski definition) is 0. The highest BCUT2D eigenvalue weighted by Crippen LogP contribution is 2.32. The lowest BCUT2D eigenvalue weighted by Crippen LogP contribution is -2.25. The van der Waals surface area contributed by atoms with Gasteiger partial charge in [0.15, 0.2) is 0 Å². The second-order valence-electron chi connectivity index (χ2n) is 4.14. The molecule has 1 amide bonds. The van der Waals surface area contributed by atoms with Crippen molar-refractivity contribution in [2.45, 2.75) is 6.18 Å². The summed E-state index contributed by atoms with van der Waals surface area (Å²) in [5.41, 5.74) is 0.787. The van der Waals surface area contributed by atoms with Gasteiger partial charge in [0.25, 0.3) is 5.91 Å². The average Bonchev–Trinajstić information content (AvgIpc) is 2.95. The van der Waals surface area contributed by atoms with E-state index in [1.54, 1.807) is 0 Å². The van der Waals surface area contributed by atoms with E-state index in [0.29, 0.717) is 11.1 Å². The minimum Gasteiger partial charge on any atom is -0.351 e. The molecule has 21 heavy (non-hydrogen) atoms. The van der Waals surface area contributed by atoms with Gasteiger partial charge in [0.2, 0.25) is 5.76 Å². The van der Waals surface area contributed by atoms with Crippen molar-refractivity contribution in [3.8, 4) is 11.3 Å². The second-order valence-corrected chi connectivity index (χ2v) is 4.14. The second kappa shape index (κ2) is 5.57. The van der Waals surface area contributed by atoms with E-state index in [0.717, 1.165) is 11.1 Å². The van der Waals surface area contributed by atoms with Crippen molar-refractivity contribution in [3.63, 3.8) is 0 Å². The van der Waals surface area contributed by atoms with E-state index in [1.807, 2.05) is 0 Å². The topological polar surface area (TPSA) is 55.6 Å². The molecule has 2 rings (SSSR count). The van der Waals surface area contributed by atoms with Gasteiger partial charge in [-0.1, -0.05) is 17.3 Å². The normalized spacial score (nSPS) is 11.5. The summed E-state index contributed by atoms with van der Waals surface area (Å²) in [6.45, 7) is 0. The molecule has 2 aromatic rings. The Hall–Kier alpha value is -2.35. The first-order valence-corrected chi connectivity index (χ1v) is 5.79. The molecule has 112 valence electrons. The Bertz CT molecular complexity index is 635. The van der Waals surface area contributed by atoms with Gasteiger partial charge in [-0.15, -0.1) is 0 Å². The minimum absolute atomic E-state index is 0.0430. The molecule has 0 saturated carbocycles. The Labute approximate surface area is 117 Å². The lowest BCUT2D eigenvalue weighted by Gasteiger charge is -2.13. The first kappa shape index (κ1) is 15.0. The number of carbonyl (C=O) groups excluding carboxylic acids is 1. The van der Waals surface area contributed by atoms with E-state index < -0.39 is 11.9 Å². The molecule has 0 aliphatic heterocycles. The van der Waals surface area contributed by atoms with Crippen LogP contribution in [0.4, 0.5) is 13.2 Å². The van der Waals surface area contributed by atoms with Crippen LogP contribution in [0, 0.1) is 0 Å². The first-order valence-electron chi connectivity index (χ1n) is 5.79. The molecule has 1 aromatic carbocycles. The number of carbonyl (C=O) groups is 1. The van der Waals surface area contributed by atoms with Crippen LogP contribution in [0.1, 0.15) is 16.1 Å². The molecule has 0 aliphatic rings. The van der Waals surface area contributed by atoms with Crippen molar-refractivity contribution in [2.24, 2.45) is 0 Å². The Balaban J connectivity index is 2.23. The average molecular weight is 300 g/mol. The maximum atomic E-state index is 12.4. The van der Waals surface area contributed by atoms with Crippen LogP contribution in [0.3, 0.4) is 0 Å². The summed E-state index contributed by atoms with van der Waals surface area (Å²) < 4.78 is 41.5. The summed E-state index contributed by atoms with van der Waals surface area (Å²) in [4.78, 5) is 16.5. The molecule has 0 unspecified atom stereocenters. The van der Waals surface area contributed by atoms with Gasteiger partial charge in [-0.05, 0) is 12.1 Å². The van der Waals surface area contributed by atoms with Crippen LogP contribution in [0.15, 0.2) is 34.9 Å². The molecule has 0 radical (unpaired) electrons. The Morgan fingerprint density at radius 3 is 2.38 bits per heavy atom. The van der Waals surface area contributed by atoms with E-state index in [9.17, 15) is 18.0 Å². The highest BCUT2D eigenvalue weighted by Gasteiger charge is 2.36. The molecule has 0 aliphatic carbocycles. The van der Waals surface area contributed by atoms with Crippen LogP contribution < -0.4 is 0 Å². The summed E-state index contributed by atoms with van der Waals surface area (Å²) >= 11 is 0. The Kier molecular flexibility index (Phi) is 3.99. The number of alkyl halides is 3. The zero-order valence-electron chi connectivity index (χ0n) is 11.1. The third-order valence-corrected chi connectivity index (χ3v) is 2.78. The molecular weight excluding hydrogens is 289 g/mol. The standard InChI is InChI=1S/C13H11F3N2O3/c1-18(20-2)12(19)9-5-3-8(4-6-9)10-7-11(21-17-10)13(14,15)16/h3-7H,1-2H3. The number of nitrogens with zero attached hydrogens (tertiary/aromatic N) is 2. The van der Waals surface area contributed by atoms with E-state index in [2.05, 4.69) is 9.68 Å². The van der Waals surface area contributed by atoms with Crippen LogP contribution in [0.2, 0.25) is 0 Å². The molecule has 0 spiro atoms. The fraction of sp³-hybridized carbons (Fsp3) is 0.231. The summed E-state index contributed by atoms with van der Waals surface area (Å²) in [7, 11) is 2.80. The Morgan fingerprint density at radius 1 is 1.29 bits per heavy atom. The number of rotatable bonds is 3. The molecule has 0 saturated heterocycles. The molecule has 0 N–H and O–H groups in total. The molecule has 0 fully saturated rings. The Morgan fingerprint density at radius 2 is 1.90 bits per heavy atom. The zero-order chi connectivity index (χ0) is 15.6. The number of hydrogen-bond acceptors (Lipinski definition) is 4. The number of benzene rings is 1. The van der Waals surface area contributed by atoms with Gasteiger partial charge >= 0.3 is 6.18 Å². The fourth-order valence-electron chi connectivity index (χ4n) is 1.59. The molecule has 1 aromatic heterocycles. The summed E-state index contributed by atoms with van der Waals surface area (Å²) in [5, 5.41) is 4.40. The van der Waals surface area contributed by atoms with E-state index >= 15 is 0 Å². The molecular formula is C13H11F3N2O3. The number of halogens is 3. The van der Waals surface area contributed by atoms with Gasteiger partial charge < -0.3 is 4.52 Å². The van der Waals surface area contributed by atoms with Gasteiger partial charge in [0.05, 0.1) is 7.11 Å². The van der Waals surface area contributed by atoms with Gasteiger partial charge in [0, 0.05) is 24.2 Å². The summed E-state index contributed by atoms with van der Waals surface area (Å²) in [6.07, 6.45) is -4.58. The van der Waals surface area contributed by atoms with Crippen molar-refractivity contribution in [2.75, 3.05) is 14.2 Å². The van der Waals surface area contributed by atoms with Crippen LogP contribution in [0.5, 0.6) is 0 Å². The van der Waals surface area contributed by atoms with Crippen molar-refractivity contribution in [1.29, 1.82) is 0 Å². The van der Waals surface area contributed by atoms with Gasteiger partial charge in [-0.3, -0.25) is 9.63 Å². The molecule has 5 nitrogen and oxygen atoms in total. The lowest BCUT2D eigenvalue weighted by atomic mass is 10.1. The van der Waals surface area contributed by atoms with Gasteiger partial charge in [-0.25, -0.2) is 5.06 Å². The third kappa shape index (κ3) is 3.22. The van der Waals surface area contributed by atoms with Crippen molar-refractivity contribution in [3.05, 3.63) is 41.7 Å². The number of aromatic nitrogens is 1. The van der Waals surface area contributed by atoms with Crippen LogP contribution >= 0.6 is 0 Å². The van der Waals surface area contributed by atoms with Crippen LogP contribution in [0.25, 0.3) is 11.3 Å². The highest BCUT2D eigenvalue weighted by atomic mass is 19.4. The first-order chi connectivity index (χ1) is 9.82. The number of amides is 1. The zero-order valence-corrected chi connectivity index (χ0v) is 11.1. The van der Waals surface area contributed by atoms with E-state index in [4.69, 9.17) is 4.84 Å². The smallest absolute Gasteiger partial charge is 0.351 e. The number of hydroxylamine groups is 2. The van der Waals surface area contributed by atoms with Crippen LogP contribution in [-0.4, -0.2) is 30.3 Å². The highest BCUT2D eigenvalue weighted by molar-refractivity contribution is 5.93. The summed E-state index contributed by atoms with van der Waals surface area (Å²) in [5.74, 6) is -1.54. The van der Waals surface area contributed by atoms with E-state index in [-0.39, 0.29) is 11.6 Å². The maximum absolute atomic E-state index is 12.4. The lowest BCUT2D eigenvalue weighted by molar-refractivity contribution is -0.155. The molecule has 0 bridgehead atoms. The minimum atomic E-state index is -4.58. The van der Waals surface area contributed by atoms with E-state index in [1.165, 1.54) is 38.4 Å². The van der Waals surface area contributed by atoms with Gasteiger partial charge in [-0.2, -0.15) is 13.2 Å². The largest absolute Gasteiger partial charge is 0.452 e. The quantitative estimate of drug-likeness (QED) is 0.818. The predicted molar refractivity (Wildman–Crippen MR) is 66.0 cm³/mol. The van der Waals surface area contributed by atoms with Gasteiger partial charge in [0.1, 0.15) is 5.69 Å². The molecule has 1 heterocycles. The van der Waals surface area contributed by atoms with Crippen molar-refractivity contribution in [1.82, 2.24) is 10.2 Å². The monoisotopic (exact) mass is 300 g/mol. The third-order valence-electron chi connectivity index (χ3n) is 2.78. The predicted octanol–water partition coefficient (Wildman–Crippen LogP) is 2.99. The van der Waals surface area contributed by atoms with Crippen LogP contribution in [-0.2, 0) is 11.0 Å². The van der Waals surface area contributed by atoms with Crippen molar-refractivity contribution >= 4 is 5.91 Å². The summed E-state index contributed by atoms with van der Waals surface area (Å²) in [6, 6.07) is 6.70. The van der Waals surface area contributed by atoms with Crippen molar-refractivity contribution < 1.29 is 27.3 Å². The fourth-order valence-corrected chi connectivity index (χ4v) is 1.59.